The Kier molecular flexibility index (Phi) is 5.86. The average Bonchev–Trinajstić information content (AvgIpc) is 3.23. The van der Waals surface area contributed by atoms with E-state index in [1.807, 2.05) is 54.1 Å². The van der Waals surface area contributed by atoms with Gasteiger partial charge in [0.05, 0.1) is 36.4 Å². The highest BCUT2D eigenvalue weighted by Gasteiger charge is 2.17. The van der Waals surface area contributed by atoms with Crippen molar-refractivity contribution >= 4 is 11.7 Å². The van der Waals surface area contributed by atoms with Gasteiger partial charge in [-0.2, -0.15) is 5.10 Å². The van der Waals surface area contributed by atoms with Gasteiger partial charge in [0.2, 0.25) is 0 Å². The lowest BCUT2D eigenvalue weighted by Crippen LogP contribution is -2.36. The third-order valence-corrected chi connectivity index (χ3v) is 5.05. The Bertz CT molecular complexity index is 964. The standard InChI is InChI=1S/C22H25N5O2/c1-2-20-19(16-25-27(20)18-6-4-3-5-7-18)22(28)24-15-17-8-9-23-21(14-17)26-10-12-29-13-11-26/h3-9,14,16H,2,10-13,15H2,1H3,(H,24,28). The van der Waals surface area contributed by atoms with Crippen LogP contribution in [0.25, 0.3) is 5.69 Å². The van der Waals surface area contributed by atoms with E-state index in [1.165, 1.54) is 0 Å². The first-order chi connectivity index (χ1) is 14.3. The summed E-state index contributed by atoms with van der Waals surface area (Å²) in [6.45, 7) is 5.58. The Hall–Kier alpha value is -3.19. The summed E-state index contributed by atoms with van der Waals surface area (Å²) < 4.78 is 7.23. The van der Waals surface area contributed by atoms with Gasteiger partial charge in [-0.1, -0.05) is 25.1 Å². The van der Waals surface area contributed by atoms with E-state index < -0.39 is 0 Å². The molecule has 0 aliphatic carbocycles. The average molecular weight is 391 g/mol. The zero-order valence-corrected chi connectivity index (χ0v) is 16.5. The number of benzene rings is 1. The summed E-state index contributed by atoms with van der Waals surface area (Å²) in [5, 5.41) is 7.46. The van der Waals surface area contributed by atoms with Gasteiger partial charge in [-0.05, 0) is 36.2 Å². The van der Waals surface area contributed by atoms with E-state index >= 15 is 0 Å². The minimum absolute atomic E-state index is 0.117. The van der Waals surface area contributed by atoms with Crippen molar-refractivity contribution in [3.05, 3.63) is 71.7 Å². The smallest absolute Gasteiger partial charge is 0.255 e. The second kappa shape index (κ2) is 8.87. The highest BCUT2D eigenvalue weighted by Crippen LogP contribution is 2.17. The molecule has 0 bridgehead atoms. The maximum Gasteiger partial charge on any atom is 0.255 e. The number of amides is 1. The summed E-state index contributed by atoms with van der Waals surface area (Å²) in [6, 6.07) is 13.8. The number of ether oxygens (including phenoxy) is 1. The first kappa shape index (κ1) is 19.1. The van der Waals surface area contributed by atoms with E-state index in [1.54, 1.807) is 12.4 Å². The number of aromatic nitrogens is 3. The molecule has 1 N–H and O–H groups in total. The molecule has 0 radical (unpaired) electrons. The fraction of sp³-hybridized carbons (Fsp3) is 0.318. The van der Waals surface area contributed by atoms with Crippen molar-refractivity contribution in [1.29, 1.82) is 0 Å². The van der Waals surface area contributed by atoms with Gasteiger partial charge in [-0.3, -0.25) is 4.79 Å². The number of para-hydroxylation sites is 1. The van der Waals surface area contributed by atoms with E-state index in [0.29, 0.717) is 31.7 Å². The summed E-state index contributed by atoms with van der Waals surface area (Å²) in [6.07, 6.45) is 4.15. The molecule has 1 fully saturated rings. The molecule has 29 heavy (non-hydrogen) atoms. The fourth-order valence-electron chi connectivity index (χ4n) is 3.51. The van der Waals surface area contributed by atoms with Crippen LogP contribution in [0.2, 0.25) is 0 Å². The van der Waals surface area contributed by atoms with Gasteiger partial charge >= 0.3 is 0 Å². The van der Waals surface area contributed by atoms with Crippen LogP contribution in [0.4, 0.5) is 5.82 Å². The van der Waals surface area contributed by atoms with E-state index in [4.69, 9.17) is 4.74 Å². The van der Waals surface area contributed by atoms with Crippen molar-refractivity contribution in [2.24, 2.45) is 0 Å². The Balaban J connectivity index is 1.46. The summed E-state index contributed by atoms with van der Waals surface area (Å²) >= 11 is 0. The molecule has 0 saturated carbocycles. The summed E-state index contributed by atoms with van der Waals surface area (Å²) in [7, 11) is 0. The second-order valence-electron chi connectivity index (χ2n) is 6.91. The largest absolute Gasteiger partial charge is 0.378 e. The first-order valence-corrected chi connectivity index (χ1v) is 9.94. The van der Waals surface area contributed by atoms with Crippen LogP contribution in [0.5, 0.6) is 0 Å². The van der Waals surface area contributed by atoms with Gasteiger partial charge in [-0.15, -0.1) is 0 Å². The molecule has 150 valence electrons. The molecule has 4 rings (SSSR count). The number of carbonyl (C=O) groups excluding carboxylic acids is 1. The van der Waals surface area contributed by atoms with Crippen molar-refractivity contribution in [2.75, 3.05) is 31.2 Å². The van der Waals surface area contributed by atoms with Crippen molar-refractivity contribution in [1.82, 2.24) is 20.1 Å². The van der Waals surface area contributed by atoms with Crippen LogP contribution in [0.15, 0.2) is 54.9 Å². The molecule has 7 nitrogen and oxygen atoms in total. The van der Waals surface area contributed by atoms with Gasteiger partial charge in [0.1, 0.15) is 5.82 Å². The van der Waals surface area contributed by atoms with Crippen molar-refractivity contribution in [3.63, 3.8) is 0 Å². The molecule has 1 aromatic carbocycles. The molecule has 3 aromatic rings. The third-order valence-electron chi connectivity index (χ3n) is 5.05. The molecule has 1 aliphatic heterocycles. The minimum Gasteiger partial charge on any atom is -0.378 e. The van der Waals surface area contributed by atoms with Crippen LogP contribution in [-0.2, 0) is 17.7 Å². The molecule has 1 amide bonds. The fourth-order valence-corrected chi connectivity index (χ4v) is 3.51. The summed E-state index contributed by atoms with van der Waals surface area (Å²) in [5.41, 5.74) is 3.48. The van der Waals surface area contributed by atoms with Crippen LogP contribution < -0.4 is 10.2 Å². The number of anilines is 1. The lowest BCUT2D eigenvalue weighted by molar-refractivity contribution is 0.0950. The summed E-state index contributed by atoms with van der Waals surface area (Å²) in [5.74, 6) is 0.806. The van der Waals surface area contributed by atoms with Gasteiger partial charge in [-0.25, -0.2) is 9.67 Å². The SMILES string of the molecule is CCc1c(C(=O)NCc2ccnc(N3CCOCC3)c2)cnn1-c1ccccc1. The van der Waals surface area contributed by atoms with Crippen LogP contribution in [0.3, 0.4) is 0 Å². The zero-order valence-electron chi connectivity index (χ0n) is 16.5. The topological polar surface area (TPSA) is 72.3 Å². The van der Waals surface area contributed by atoms with Gasteiger partial charge in [0.15, 0.2) is 0 Å². The van der Waals surface area contributed by atoms with Gasteiger partial charge < -0.3 is 15.0 Å². The van der Waals surface area contributed by atoms with E-state index in [9.17, 15) is 4.79 Å². The minimum atomic E-state index is -0.117. The van der Waals surface area contributed by atoms with Crippen LogP contribution in [0, 0.1) is 0 Å². The number of carbonyl (C=O) groups is 1. The molecule has 0 unspecified atom stereocenters. The zero-order chi connectivity index (χ0) is 20.1. The van der Waals surface area contributed by atoms with E-state index in [2.05, 4.69) is 20.3 Å². The maximum absolute atomic E-state index is 12.8. The third kappa shape index (κ3) is 4.30. The number of hydrogen-bond acceptors (Lipinski definition) is 5. The molecular weight excluding hydrogens is 366 g/mol. The van der Waals surface area contributed by atoms with Crippen LogP contribution in [-0.4, -0.2) is 47.0 Å². The highest BCUT2D eigenvalue weighted by molar-refractivity contribution is 5.95. The molecule has 7 heteroatoms. The molecule has 1 saturated heterocycles. The highest BCUT2D eigenvalue weighted by atomic mass is 16.5. The Labute approximate surface area is 170 Å². The lowest BCUT2D eigenvalue weighted by atomic mass is 10.1. The number of nitrogens with zero attached hydrogens (tertiary/aromatic N) is 4. The maximum atomic E-state index is 12.8. The second-order valence-corrected chi connectivity index (χ2v) is 6.91. The number of pyridine rings is 1. The van der Waals surface area contributed by atoms with Gasteiger partial charge in [0, 0.05) is 25.8 Å². The number of nitrogens with one attached hydrogen (secondary N) is 1. The Morgan fingerprint density at radius 3 is 2.72 bits per heavy atom. The monoisotopic (exact) mass is 391 g/mol. The quantitative estimate of drug-likeness (QED) is 0.699. The number of rotatable bonds is 6. The number of morpholine rings is 1. The van der Waals surface area contributed by atoms with Crippen molar-refractivity contribution in [2.45, 2.75) is 19.9 Å². The predicted molar refractivity (Wildman–Crippen MR) is 111 cm³/mol. The molecule has 0 spiro atoms. The molecule has 1 aliphatic rings. The van der Waals surface area contributed by atoms with Crippen LogP contribution in [0.1, 0.15) is 28.5 Å². The van der Waals surface area contributed by atoms with E-state index in [-0.39, 0.29) is 5.91 Å². The normalized spacial score (nSPS) is 14.0. The molecule has 2 aromatic heterocycles. The summed E-state index contributed by atoms with van der Waals surface area (Å²) in [4.78, 5) is 19.5. The number of hydrogen-bond donors (Lipinski definition) is 1. The Morgan fingerprint density at radius 2 is 1.97 bits per heavy atom. The molecule has 3 heterocycles. The molecular formula is C22H25N5O2. The first-order valence-electron chi connectivity index (χ1n) is 9.94. The lowest BCUT2D eigenvalue weighted by Gasteiger charge is -2.28. The van der Waals surface area contributed by atoms with Crippen molar-refractivity contribution in [3.8, 4) is 5.69 Å². The van der Waals surface area contributed by atoms with E-state index in [0.717, 1.165) is 35.9 Å². The van der Waals surface area contributed by atoms with Crippen molar-refractivity contribution < 1.29 is 9.53 Å². The predicted octanol–water partition coefficient (Wildman–Crippen LogP) is 2.60. The van der Waals surface area contributed by atoms with Crippen LogP contribution >= 0.6 is 0 Å². The molecule has 0 atom stereocenters. The van der Waals surface area contributed by atoms with Gasteiger partial charge in [0.25, 0.3) is 5.91 Å². The Morgan fingerprint density at radius 1 is 1.17 bits per heavy atom.